The summed E-state index contributed by atoms with van der Waals surface area (Å²) in [4.78, 5) is 2.51. The Bertz CT molecular complexity index is 362. The van der Waals surface area contributed by atoms with Crippen LogP contribution in [0.25, 0.3) is 0 Å². The van der Waals surface area contributed by atoms with Gasteiger partial charge in [0.05, 0.1) is 6.10 Å². The molecular weight excluding hydrogens is 264 g/mol. The summed E-state index contributed by atoms with van der Waals surface area (Å²) in [6.45, 7) is 8.94. The zero-order valence-corrected chi connectivity index (χ0v) is 14.6. The molecule has 20 heavy (non-hydrogen) atoms. The van der Waals surface area contributed by atoms with Crippen LogP contribution in [0.1, 0.15) is 94.9 Å². The zero-order chi connectivity index (χ0) is 15.0. The van der Waals surface area contributed by atoms with E-state index in [1.165, 1.54) is 43.4 Å². The number of thiophene rings is 1. The highest BCUT2D eigenvalue weighted by molar-refractivity contribution is 7.12. The fraction of sp³-hybridized carbons (Fsp3) is 0.778. The van der Waals surface area contributed by atoms with Gasteiger partial charge < -0.3 is 5.11 Å². The Balaban J connectivity index is 2.22. The molecular formula is C18H32OS. The van der Waals surface area contributed by atoms with Crippen molar-refractivity contribution in [1.29, 1.82) is 0 Å². The number of hydrogen-bond donors (Lipinski definition) is 1. The summed E-state index contributed by atoms with van der Waals surface area (Å²) in [6.07, 6.45) is 9.81. The van der Waals surface area contributed by atoms with E-state index in [1.807, 2.05) is 0 Å². The molecule has 0 aliphatic heterocycles. The minimum absolute atomic E-state index is 0.196. The van der Waals surface area contributed by atoms with E-state index in [1.54, 1.807) is 11.3 Å². The number of rotatable bonds is 9. The maximum absolute atomic E-state index is 10.3. The molecule has 0 aliphatic rings. The maximum atomic E-state index is 10.3. The average molecular weight is 297 g/mol. The van der Waals surface area contributed by atoms with E-state index in [4.69, 9.17) is 0 Å². The molecule has 0 saturated heterocycles. The Hall–Kier alpha value is -0.340. The first-order valence-electron chi connectivity index (χ1n) is 8.23. The van der Waals surface area contributed by atoms with Crippen molar-refractivity contribution in [3.63, 3.8) is 0 Å². The minimum Gasteiger partial charge on any atom is -0.388 e. The number of aliphatic hydroxyl groups excluding tert-OH is 1. The maximum Gasteiger partial charge on any atom is 0.0882 e. The van der Waals surface area contributed by atoms with Crippen LogP contribution in [-0.4, -0.2) is 5.11 Å². The van der Waals surface area contributed by atoms with Gasteiger partial charge in [-0.25, -0.2) is 0 Å². The molecule has 0 fully saturated rings. The van der Waals surface area contributed by atoms with E-state index in [-0.39, 0.29) is 11.5 Å². The Morgan fingerprint density at radius 2 is 1.60 bits per heavy atom. The third-order valence-electron chi connectivity index (χ3n) is 3.78. The van der Waals surface area contributed by atoms with E-state index >= 15 is 0 Å². The summed E-state index contributed by atoms with van der Waals surface area (Å²) in [5, 5.41) is 10.3. The van der Waals surface area contributed by atoms with Gasteiger partial charge in [0.1, 0.15) is 0 Å². The van der Waals surface area contributed by atoms with E-state index in [2.05, 4.69) is 39.8 Å². The largest absolute Gasteiger partial charge is 0.388 e. The normalized spacial score (nSPS) is 13.7. The molecule has 0 radical (unpaired) electrons. The van der Waals surface area contributed by atoms with Gasteiger partial charge in [-0.2, -0.15) is 0 Å². The molecule has 1 N–H and O–H groups in total. The second-order valence-corrected chi connectivity index (χ2v) is 7.99. The topological polar surface area (TPSA) is 20.2 Å². The summed E-state index contributed by atoms with van der Waals surface area (Å²) in [5.41, 5.74) is 0.196. The van der Waals surface area contributed by atoms with Crippen molar-refractivity contribution in [3.8, 4) is 0 Å². The van der Waals surface area contributed by atoms with E-state index < -0.39 is 0 Å². The third kappa shape index (κ3) is 6.41. The van der Waals surface area contributed by atoms with Gasteiger partial charge in [-0.15, -0.1) is 11.3 Å². The number of aliphatic hydroxyl groups is 1. The lowest BCUT2D eigenvalue weighted by molar-refractivity contribution is 0.167. The lowest BCUT2D eigenvalue weighted by Gasteiger charge is -2.15. The first-order valence-corrected chi connectivity index (χ1v) is 9.05. The number of unbranched alkanes of at least 4 members (excludes halogenated alkanes) is 6. The van der Waals surface area contributed by atoms with Crippen LogP contribution in [0.2, 0.25) is 0 Å². The zero-order valence-electron chi connectivity index (χ0n) is 13.7. The van der Waals surface area contributed by atoms with Gasteiger partial charge in [-0.3, -0.25) is 0 Å². The van der Waals surface area contributed by atoms with Crippen molar-refractivity contribution in [1.82, 2.24) is 0 Å². The molecule has 0 bridgehead atoms. The van der Waals surface area contributed by atoms with Crippen molar-refractivity contribution >= 4 is 11.3 Å². The van der Waals surface area contributed by atoms with Crippen LogP contribution >= 0.6 is 11.3 Å². The quantitative estimate of drug-likeness (QED) is 0.536. The van der Waals surface area contributed by atoms with Crippen LogP contribution in [0.4, 0.5) is 0 Å². The third-order valence-corrected chi connectivity index (χ3v) is 5.39. The van der Waals surface area contributed by atoms with Crippen molar-refractivity contribution in [2.75, 3.05) is 0 Å². The van der Waals surface area contributed by atoms with Crippen molar-refractivity contribution in [3.05, 3.63) is 21.9 Å². The van der Waals surface area contributed by atoms with Crippen molar-refractivity contribution in [2.24, 2.45) is 0 Å². The van der Waals surface area contributed by atoms with Crippen LogP contribution in [-0.2, 0) is 5.41 Å². The monoisotopic (exact) mass is 296 g/mol. The van der Waals surface area contributed by atoms with E-state index in [0.29, 0.717) is 0 Å². The SMILES string of the molecule is CCCCCCCCCC(O)c1ccc(C(C)(C)C)s1. The Kier molecular flexibility index (Phi) is 7.83. The summed E-state index contributed by atoms with van der Waals surface area (Å²) >= 11 is 1.77. The second-order valence-electron chi connectivity index (χ2n) is 6.88. The lowest BCUT2D eigenvalue weighted by atomic mass is 9.95. The predicted molar refractivity (Wildman–Crippen MR) is 90.6 cm³/mol. The molecule has 1 atom stereocenters. The second kappa shape index (κ2) is 8.84. The molecule has 2 heteroatoms. The smallest absolute Gasteiger partial charge is 0.0882 e. The van der Waals surface area contributed by atoms with Crippen LogP contribution in [0.5, 0.6) is 0 Å². The molecule has 1 unspecified atom stereocenters. The van der Waals surface area contributed by atoms with Gasteiger partial charge >= 0.3 is 0 Å². The molecule has 116 valence electrons. The molecule has 0 saturated carbocycles. The fourth-order valence-corrected chi connectivity index (χ4v) is 3.46. The van der Waals surface area contributed by atoms with Crippen LogP contribution in [0.15, 0.2) is 12.1 Å². The van der Waals surface area contributed by atoms with Gasteiger partial charge in [0.2, 0.25) is 0 Å². The molecule has 0 amide bonds. The first kappa shape index (κ1) is 17.7. The Morgan fingerprint density at radius 1 is 1.00 bits per heavy atom. The average Bonchev–Trinajstić information content (AvgIpc) is 2.87. The summed E-state index contributed by atoms with van der Waals surface area (Å²) in [7, 11) is 0. The van der Waals surface area contributed by atoms with Crippen LogP contribution < -0.4 is 0 Å². The summed E-state index contributed by atoms with van der Waals surface area (Å²) in [5.74, 6) is 0. The number of hydrogen-bond acceptors (Lipinski definition) is 2. The Morgan fingerprint density at radius 3 is 2.15 bits per heavy atom. The molecule has 1 nitrogen and oxygen atoms in total. The molecule has 1 aromatic rings. The fourth-order valence-electron chi connectivity index (χ4n) is 2.37. The van der Waals surface area contributed by atoms with Gasteiger partial charge in [0.15, 0.2) is 0 Å². The first-order chi connectivity index (χ1) is 9.45. The van der Waals surface area contributed by atoms with Gasteiger partial charge in [-0.05, 0) is 24.0 Å². The summed E-state index contributed by atoms with van der Waals surface area (Å²) in [6, 6.07) is 4.28. The minimum atomic E-state index is -0.258. The van der Waals surface area contributed by atoms with Gasteiger partial charge in [-0.1, -0.05) is 72.6 Å². The lowest BCUT2D eigenvalue weighted by Crippen LogP contribution is -2.07. The summed E-state index contributed by atoms with van der Waals surface area (Å²) < 4.78 is 0. The standard InChI is InChI=1S/C18H32OS/c1-5-6-7-8-9-10-11-12-15(19)16-13-14-17(20-16)18(2,3)4/h13-15,19H,5-12H2,1-4H3. The molecule has 1 aromatic heterocycles. The van der Waals surface area contributed by atoms with Crippen LogP contribution in [0.3, 0.4) is 0 Å². The van der Waals surface area contributed by atoms with Gasteiger partial charge in [0, 0.05) is 9.75 Å². The molecule has 1 heterocycles. The predicted octanol–water partition coefficient (Wildman–Crippen LogP) is 6.22. The highest BCUT2D eigenvalue weighted by Crippen LogP contribution is 2.33. The highest BCUT2D eigenvalue weighted by Gasteiger charge is 2.18. The van der Waals surface area contributed by atoms with E-state index in [9.17, 15) is 5.11 Å². The molecule has 0 spiro atoms. The molecule has 0 aliphatic carbocycles. The van der Waals surface area contributed by atoms with Crippen LogP contribution in [0, 0.1) is 0 Å². The highest BCUT2D eigenvalue weighted by atomic mass is 32.1. The van der Waals surface area contributed by atoms with E-state index in [0.717, 1.165) is 17.7 Å². The molecule has 1 rings (SSSR count). The Labute approximate surface area is 129 Å². The van der Waals surface area contributed by atoms with Gasteiger partial charge in [0.25, 0.3) is 0 Å². The molecule has 0 aromatic carbocycles. The van der Waals surface area contributed by atoms with Crippen molar-refractivity contribution < 1.29 is 5.11 Å². The van der Waals surface area contributed by atoms with Crippen molar-refractivity contribution in [2.45, 2.75) is 90.6 Å².